The molecule has 2 saturated heterocycles. The van der Waals surface area contributed by atoms with Crippen LogP contribution in [0, 0.1) is 0 Å². The Labute approximate surface area is 187 Å². The summed E-state index contributed by atoms with van der Waals surface area (Å²) in [5.41, 5.74) is 1.05. The number of amides is 4. The largest absolute Gasteiger partial charge is 0.444 e. The number of urea groups is 1. The monoisotopic (exact) mass is 439 g/mol. The fourth-order valence-electron chi connectivity index (χ4n) is 4.11. The summed E-state index contributed by atoms with van der Waals surface area (Å²) >= 11 is 0. The lowest BCUT2D eigenvalue weighted by Gasteiger charge is -2.32. The zero-order chi connectivity index (χ0) is 22.9. The van der Waals surface area contributed by atoms with Crippen LogP contribution in [0.4, 0.5) is 15.3 Å². The molecule has 32 heavy (non-hydrogen) atoms. The molecule has 0 aliphatic carbocycles. The van der Waals surface area contributed by atoms with Crippen LogP contribution in [0.1, 0.15) is 45.2 Å². The van der Waals surface area contributed by atoms with Crippen LogP contribution < -0.4 is 15.5 Å². The number of hydrogen-bond donors (Lipinski definition) is 2. The van der Waals surface area contributed by atoms with E-state index >= 15 is 0 Å². The quantitative estimate of drug-likeness (QED) is 0.746. The minimum Gasteiger partial charge on any atom is -0.444 e. The molecular weight excluding hydrogens is 410 g/mol. The molecule has 0 bridgehead atoms. The number of nitrogens with zero attached hydrogens (tertiary/aromatic N) is 3. The van der Waals surface area contributed by atoms with Gasteiger partial charge >= 0.3 is 12.1 Å². The van der Waals surface area contributed by atoms with Crippen LogP contribution in [0.3, 0.4) is 0 Å². The molecule has 2 aliphatic rings. The Bertz CT molecular complexity index is 1050. The van der Waals surface area contributed by atoms with Crippen molar-refractivity contribution in [2.24, 2.45) is 0 Å². The van der Waals surface area contributed by atoms with E-state index in [-0.39, 0.29) is 24.5 Å². The molecule has 1 atom stereocenters. The van der Waals surface area contributed by atoms with E-state index in [0.29, 0.717) is 25.3 Å². The molecule has 4 amide bonds. The molecule has 0 radical (unpaired) electrons. The Hall–Kier alpha value is -3.20. The highest BCUT2D eigenvalue weighted by Crippen LogP contribution is 2.31. The molecule has 3 heterocycles. The maximum absolute atomic E-state index is 12.9. The Morgan fingerprint density at radius 3 is 2.75 bits per heavy atom. The lowest BCUT2D eigenvalue weighted by atomic mass is 10.0. The number of carbonyl (C=O) groups is 3. The molecule has 1 aromatic carbocycles. The first-order valence-corrected chi connectivity index (χ1v) is 10.9. The smallest absolute Gasteiger partial charge is 0.410 e. The molecular formula is C23H29N5O4. The van der Waals surface area contributed by atoms with Crippen molar-refractivity contribution in [3.63, 3.8) is 0 Å². The second kappa shape index (κ2) is 8.74. The van der Waals surface area contributed by atoms with Gasteiger partial charge in [-0.3, -0.25) is 24.9 Å². The average molecular weight is 440 g/mol. The summed E-state index contributed by atoms with van der Waals surface area (Å²) in [5, 5.41) is 7.48. The number of benzene rings is 1. The first kappa shape index (κ1) is 22.0. The van der Waals surface area contributed by atoms with Crippen LogP contribution in [0.25, 0.3) is 10.8 Å². The van der Waals surface area contributed by atoms with Gasteiger partial charge < -0.3 is 10.1 Å². The van der Waals surface area contributed by atoms with Gasteiger partial charge in [0.2, 0.25) is 5.91 Å². The zero-order valence-corrected chi connectivity index (χ0v) is 18.7. The number of imide groups is 1. The summed E-state index contributed by atoms with van der Waals surface area (Å²) in [4.78, 5) is 44.4. The van der Waals surface area contributed by atoms with E-state index < -0.39 is 11.6 Å². The van der Waals surface area contributed by atoms with Gasteiger partial charge in [-0.05, 0) is 45.4 Å². The maximum Gasteiger partial charge on any atom is 0.410 e. The van der Waals surface area contributed by atoms with Crippen molar-refractivity contribution in [3.8, 4) is 0 Å². The number of aromatic nitrogens is 1. The molecule has 0 spiro atoms. The van der Waals surface area contributed by atoms with Gasteiger partial charge in [0.05, 0.1) is 17.9 Å². The fraction of sp³-hybridized carbons (Fsp3) is 0.478. The van der Waals surface area contributed by atoms with Crippen molar-refractivity contribution in [2.75, 3.05) is 31.1 Å². The van der Waals surface area contributed by atoms with E-state index in [1.54, 1.807) is 17.3 Å². The molecule has 9 heteroatoms. The fourth-order valence-corrected chi connectivity index (χ4v) is 4.11. The van der Waals surface area contributed by atoms with E-state index in [0.717, 1.165) is 29.3 Å². The van der Waals surface area contributed by atoms with Gasteiger partial charge in [-0.15, -0.1) is 0 Å². The van der Waals surface area contributed by atoms with Gasteiger partial charge in [0.1, 0.15) is 5.60 Å². The van der Waals surface area contributed by atoms with Crippen LogP contribution >= 0.6 is 0 Å². The van der Waals surface area contributed by atoms with Crippen LogP contribution in [-0.4, -0.2) is 59.7 Å². The maximum atomic E-state index is 12.9. The van der Waals surface area contributed by atoms with Crippen LogP contribution in [0.15, 0.2) is 30.6 Å². The van der Waals surface area contributed by atoms with Crippen molar-refractivity contribution in [1.82, 2.24) is 20.5 Å². The average Bonchev–Trinajstić information content (AvgIpc) is 2.98. The van der Waals surface area contributed by atoms with E-state index in [9.17, 15) is 14.4 Å². The molecule has 2 fully saturated rings. The number of anilines is 1. The van der Waals surface area contributed by atoms with Gasteiger partial charge in [-0.1, -0.05) is 12.1 Å². The first-order valence-electron chi connectivity index (χ1n) is 10.9. The minimum absolute atomic E-state index is 0.184. The Morgan fingerprint density at radius 2 is 2.00 bits per heavy atom. The summed E-state index contributed by atoms with van der Waals surface area (Å²) in [5.74, 6) is -0.273. The van der Waals surface area contributed by atoms with Gasteiger partial charge in [0.15, 0.2) is 0 Å². The molecule has 0 saturated carbocycles. The molecule has 2 aliphatic heterocycles. The van der Waals surface area contributed by atoms with Crippen LogP contribution in [0.5, 0.6) is 0 Å². The highest BCUT2D eigenvalue weighted by atomic mass is 16.6. The summed E-state index contributed by atoms with van der Waals surface area (Å²) < 4.78 is 5.66. The van der Waals surface area contributed by atoms with E-state index in [1.807, 2.05) is 39.0 Å². The third-order valence-corrected chi connectivity index (χ3v) is 5.59. The zero-order valence-electron chi connectivity index (χ0n) is 18.7. The molecule has 9 nitrogen and oxygen atoms in total. The Kier molecular flexibility index (Phi) is 6.01. The Morgan fingerprint density at radius 1 is 1.19 bits per heavy atom. The summed E-state index contributed by atoms with van der Waals surface area (Å²) in [6.45, 7) is 7.96. The third kappa shape index (κ3) is 4.67. The number of fused-ring (bicyclic) bond motifs is 1. The molecule has 1 aromatic heterocycles. The van der Waals surface area contributed by atoms with E-state index in [4.69, 9.17) is 4.74 Å². The number of ether oxygens (including phenoxy) is 1. The van der Waals surface area contributed by atoms with Gasteiger partial charge in [0, 0.05) is 43.0 Å². The highest BCUT2D eigenvalue weighted by Gasteiger charge is 2.31. The van der Waals surface area contributed by atoms with Crippen LogP contribution in [0.2, 0.25) is 0 Å². The van der Waals surface area contributed by atoms with E-state index in [2.05, 4.69) is 15.6 Å². The van der Waals surface area contributed by atoms with Gasteiger partial charge in [-0.2, -0.15) is 0 Å². The number of hydrogen-bond acceptors (Lipinski definition) is 6. The molecule has 170 valence electrons. The lowest BCUT2D eigenvalue weighted by Crippen LogP contribution is -2.49. The molecule has 2 aromatic rings. The predicted molar refractivity (Wildman–Crippen MR) is 120 cm³/mol. The standard InChI is InChI=1S/C23H29N5O4/c1-23(2,3)32-22(31)28-9-4-8-24-13-18(28)15-5-6-17-16(11-15)12-25-14-19(17)27-10-7-20(29)26-21(27)30/h5-6,11-12,14,18,24H,4,7-10,13H2,1-3H3,(H,26,29,30). The molecule has 1 unspecified atom stereocenters. The van der Waals surface area contributed by atoms with E-state index in [1.165, 1.54) is 4.90 Å². The summed E-state index contributed by atoms with van der Waals surface area (Å²) in [6.07, 6.45) is 4.15. The second-order valence-electron chi connectivity index (χ2n) is 9.14. The summed E-state index contributed by atoms with van der Waals surface area (Å²) in [6, 6.07) is 5.31. The SMILES string of the molecule is CC(C)(C)OC(=O)N1CCCNCC1c1ccc2c(N3CCC(=O)NC3=O)cncc2c1. The van der Waals surface area contributed by atoms with Crippen molar-refractivity contribution >= 4 is 34.5 Å². The molecule has 2 N–H and O–H groups in total. The van der Waals surface area contributed by atoms with Gasteiger partial charge in [-0.25, -0.2) is 9.59 Å². The first-order chi connectivity index (χ1) is 15.2. The number of pyridine rings is 1. The number of nitrogens with one attached hydrogen (secondary N) is 2. The topological polar surface area (TPSA) is 104 Å². The van der Waals surface area contributed by atoms with Crippen molar-refractivity contribution in [2.45, 2.75) is 45.3 Å². The second-order valence-corrected chi connectivity index (χ2v) is 9.14. The number of carbonyl (C=O) groups excluding carboxylic acids is 3. The normalized spacial score (nSPS) is 20.2. The minimum atomic E-state index is -0.569. The lowest BCUT2D eigenvalue weighted by molar-refractivity contribution is -0.120. The van der Waals surface area contributed by atoms with Crippen LogP contribution in [-0.2, 0) is 9.53 Å². The Balaban J connectivity index is 1.67. The highest BCUT2D eigenvalue weighted by molar-refractivity contribution is 6.09. The summed E-state index contributed by atoms with van der Waals surface area (Å²) in [7, 11) is 0. The molecule has 4 rings (SSSR count). The third-order valence-electron chi connectivity index (χ3n) is 5.59. The van der Waals surface area contributed by atoms with Crippen molar-refractivity contribution in [1.29, 1.82) is 0 Å². The van der Waals surface area contributed by atoms with Crippen molar-refractivity contribution < 1.29 is 19.1 Å². The van der Waals surface area contributed by atoms with Gasteiger partial charge in [0.25, 0.3) is 0 Å². The predicted octanol–water partition coefficient (Wildman–Crippen LogP) is 2.95. The number of rotatable bonds is 2. The van der Waals surface area contributed by atoms with Crippen molar-refractivity contribution in [3.05, 3.63) is 36.2 Å².